The van der Waals surface area contributed by atoms with Crippen LogP contribution in [-0.2, 0) is 0 Å². The molecule has 0 spiro atoms. The Bertz CT molecular complexity index is 697. The van der Waals surface area contributed by atoms with Crippen LogP contribution in [0.4, 0.5) is 0 Å². The first-order valence-corrected chi connectivity index (χ1v) is 7.71. The molecule has 21 heavy (non-hydrogen) atoms. The Morgan fingerprint density at radius 2 is 1.90 bits per heavy atom. The van der Waals surface area contributed by atoms with Crippen molar-refractivity contribution in [3.05, 3.63) is 61.5 Å². The van der Waals surface area contributed by atoms with E-state index in [1.165, 1.54) is 6.21 Å². The van der Waals surface area contributed by atoms with Crippen LogP contribution in [0, 0.1) is 0 Å². The van der Waals surface area contributed by atoms with Crippen molar-refractivity contribution in [2.75, 3.05) is 0 Å². The highest BCUT2D eigenvalue weighted by Gasteiger charge is 2.06. The van der Waals surface area contributed by atoms with Gasteiger partial charge in [0.2, 0.25) is 0 Å². The number of phenolic OH excluding ortho intramolecular Hbond substituents is 1. The minimum absolute atomic E-state index is 0.107. The van der Waals surface area contributed by atoms with E-state index in [-0.39, 0.29) is 11.7 Å². The van der Waals surface area contributed by atoms with Crippen LogP contribution < -0.4 is 5.43 Å². The van der Waals surface area contributed by atoms with Crippen molar-refractivity contribution in [1.29, 1.82) is 0 Å². The fourth-order valence-electron chi connectivity index (χ4n) is 1.52. The van der Waals surface area contributed by atoms with Crippen LogP contribution in [0.2, 0.25) is 5.02 Å². The summed E-state index contributed by atoms with van der Waals surface area (Å²) in [6.07, 6.45) is 1.47. The highest BCUT2D eigenvalue weighted by Crippen LogP contribution is 2.32. The Labute approximate surface area is 143 Å². The number of hydrazone groups is 1. The van der Waals surface area contributed by atoms with Crippen LogP contribution in [0.3, 0.4) is 0 Å². The lowest BCUT2D eigenvalue weighted by Gasteiger charge is -2.02. The number of carbonyl (C=O) groups is 1. The van der Waals surface area contributed by atoms with Gasteiger partial charge in [0.05, 0.1) is 15.2 Å². The first-order valence-electron chi connectivity index (χ1n) is 5.74. The molecule has 0 aliphatic heterocycles. The largest absolute Gasteiger partial charge is 0.506 e. The molecule has 2 N–H and O–H groups in total. The van der Waals surface area contributed by atoms with Gasteiger partial charge >= 0.3 is 0 Å². The summed E-state index contributed by atoms with van der Waals surface area (Å²) in [4.78, 5) is 11.8. The third kappa shape index (κ3) is 4.30. The number of carbonyl (C=O) groups excluding carboxylic acids is 1. The maximum atomic E-state index is 11.8. The number of nitrogens with zero attached hydrogens (tertiary/aromatic N) is 1. The van der Waals surface area contributed by atoms with E-state index in [4.69, 9.17) is 11.6 Å². The zero-order valence-corrected chi connectivity index (χ0v) is 14.4. The second-order valence-corrected chi connectivity index (χ2v) is 6.19. The lowest BCUT2D eigenvalue weighted by molar-refractivity contribution is 0.0955. The molecule has 0 saturated carbocycles. The standard InChI is InChI=1S/C14H9Br2ClN2O2/c15-11-4-8(5-12(16)13(11)20)7-18-19-14(21)9-2-1-3-10(17)6-9/h1-7,20H,(H,19,21)/b18-7-. The number of amides is 1. The Hall–Kier alpha value is -1.37. The minimum atomic E-state index is -0.356. The lowest BCUT2D eigenvalue weighted by atomic mass is 10.2. The highest BCUT2D eigenvalue weighted by atomic mass is 79.9. The summed E-state index contributed by atoms with van der Waals surface area (Å²) in [5, 5.41) is 14.0. The predicted molar refractivity (Wildman–Crippen MR) is 90.0 cm³/mol. The van der Waals surface area contributed by atoms with E-state index in [0.29, 0.717) is 25.1 Å². The first-order chi connectivity index (χ1) is 9.97. The molecule has 0 aliphatic carbocycles. The Kier molecular flexibility index (Phi) is 5.39. The zero-order chi connectivity index (χ0) is 15.4. The zero-order valence-electron chi connectivity index (χ0n) is 10.5. The molecule has 0 fully saturated rings. The molecule has 2 aromatic carbocycles. The Balaban J connectivity index is 2.07. The quantitative estimate of drug-likeness (QED) is 0.560. The average Bonchev–Trinajstić information content (AvgIpc) is 2.44. The van der Waals surface area contributed by atoms with E-state index in [1.807, 2.05) is 0 Å². The van der Waals surface area contributed by atoms with Gasteiger partial charge in [0.15, 0.2) is 0 Å². The van der Waals surface area contributed by atoms with Gasteiger partial charge in [-0.25, -0.2) is 5.43 Å². The molecule has 0 saturated heterocycles. The van der Waals surface area contributed by atoms with Crippen molar-refractivity contribution in [2.45, 2.75) is 0 Å². The first kappa shape index (κ1) is 16.0. The molecular weight excluding hydrogens is 423 g/mol. The van der Waals surface area contributed by atoms with Crippen molar-refractivity contribution in [3.63, 3.8) is 0 Å². The molecular formula is C14H9Br2ClN2O2. The number of phenols is 1. The molecule has 1 amide bonds. The average molecular weight is 432 g/mol. The van der Waals surface area contributed by atoms with Gasteiger partial charge in [-0.05, 0) is 67.8 Å². The topological polar surface area (TPSA) is 61.7 Å². The molecule has 0 aromatic heterocycles. The van der Waals surface area contributed by atoms with Gasteiger partial charge in [0.25, 0.3) is 5.91 Å². The summed E-state index contributed by atoms with van der Waals surface area (Å²) in [7, 11) is 0. The van der Waals surface area contributed by atoms with Crippen molar-refractivity contribution < 1.29 is 9.90 Å². The molecule has 2 rings (SSSR count). The molecule has 0 bridgehead atoms. The van der Waals surface area contributed by atoms with E-state index >= 15 is 0 Å². The van der Waals surface area contributed by atoms with E-state index in [0.717, 1.165) is 0 Å². The summed E-state index contributed by atoms with van der Waals surface area (Å²) in [5.74, 6) is -0.249. The van der Waals surface area contributed by atoms with Gasteiger partial charge in [-0.15, -0.1) is 0 Å². The maximum Gasteiger partial charge on any atom is 0.271 e. The van der Waals surface area contributed by atoms with Crippen LogP contribution in [0.1, 0.15) is 15.9 Å². The van der Waals surface area contributed by atoms with Crippen molar-refractivity contribution in [3.8, 4) is 5.75 Å². The number of nitrogens with one attached hydrogen (secondary N) is 1. The molecule has 0 aliphatic rings. The molecule has 0 radical (unpaired) electrons. The Morgan fingerprint density at radius 3 is 2.52 bits per heavy atom. The van der Waals surface area contributed by atoms with Gasteiger partial charge in [0, 0.05) is 10.6 Å². The van der Waals surface area contributed by atoms with Crippen molar-refractivity contribution >= 4 is 55.6 Å². The van der Waals surface area contributed by atoms with E-state index in [1.54, 1.807) is 36.4 Å². The SMILES string of the molecule is O=C(N/N=C\c1cc(Br)c(O)c(Br)c1)c1cccc(Cl)c1. The number of hydrogen-bond donors (Lipinski definition) is 2. The predicted octanol–water partition coefficient (Wildman–Crippen LogP) is 4.33. The summed E-state index contributed by atoms with van der Waals surface area (Å²) in [5.41, 5.74) is 3.54. The van der Waals surface area contributed by atoms with Crippen LogP contribution in [0.25, 0.3) is 0 Å². The monoisotopic (exact) mass is 430 g/mol. The van der Waals surface area contributed by atoms with E-state index < -0.39 is 0 Å². The van der Waals surface area contributed by atoms with Gasteiger partial charge < -0.3 is 5.11 Å². The van der Waals surface area contributed by atoms with Crippen LogP contribution >= 0.6 is 43.5 Å². The smallest absolute Gasteiger partial charge is 0.271 e. The number of aromatic hydroxyl groups is 1. The maximum absolute atomic E-state index is 11.8. The van der Waals surface area contributed by atoms with Crippen molar-refractivity contribution in [1.82, 2.24) is 5.43 Å². The third-order valence-corrected chi connectivity index (χ3v) is 3.95. The minimum Gasteiger partial charge on any atom is -0.506 e. The number of halogens is 3. The van der Waals surface area contributed by atoms with Crippen LogP contribution in [0.15, 0.2) is 50.4 Å². The molecule has 0 heterocycles. The third-order valence-electron chi connectivity index (χ3n) is 2.51. The second-order valence-electron chi connectivity index (χ2n) is 4.04. The van der Waals surface area contributed by atoms with E-state index in [9.17, 15) is 9.90 Å². The van der Waals surface area contributed by atoms with Crippen LogP contribution in [-0.4, -0.2) is 17.2 Å². The molecule has 0 unspecified atom stereocenters. The molecule has 0 atom stereocenters. The number of benzene rings is 2. The number of hydrogen-bond acceptors (Lipinski definition) is 3. The van der Waals surface area contributed by atoms with Gasteiger partial charge in [0.1, 0.15) is 5.75 Å². The summed E-state index contributed by atoms with van der Waals surface area (Å²) in [6.45, 7) is 0. The van der Waals surface area contributed by atoms with Crippen LogP contribution in [0.5, 0.6) is 5.75 Å². The van der Waals surface area contributed by atoms with Crippen molar-refractivity contribution in [2.24, 2.45) is 5.10 Å². The second kappa shape index (κ2) is 7.06. The fourth-order valence-corrected chi connectivity index (χ4v) is 2.93. The number of rotatable bonds is 3. The molecule has 4 nitrogen and oxygen atoms in total. The molecule has 7 heteroatoms. The Morgan fingerprint density at radius 1 is 1.24 bits per heavy atom. The summed E-state index contributed by atoms with van der Waals surface area (Å²) < 4.78 is 1.05. The van der Waals surface area contributed by atoms with Gasteiger partial charge in [-0.2, -0.15) is 5.10 Å². The highest BCUT2D eigenvalue weighted by molar-refractivity contribution is 9.11. The lowest BCUT2D eigenvalue weighted by Crippen LogP contribution is -2.17. The summed E-state index contributed by atoms with van der Waals surface area (Å²) >= 11 is 12.3. The van der Waals surface area contributed by atoms with Gasteiger partial charge in [-0.1, -0.05) is 17.7 Å². The molecule has 108 valence electrons. The van der Waals surface area contributed by atoms with Gasteiger partial charge in [-0.3, -0.25) is 4.79 Å². The van der Waals surface area contributed by atoms with E-state index in [2.05, 4.69) is 42.4 Å². The summed E-state index contributed by atoms with van der Waals surface area (Å²) in [6, 6.07) is 9.93. The fraction of sp³-hybridized carbons (Fsp3) is 0. The normalized spacial score (nSPS) is 10.8. The molecule has 2 aromatic rings.